The van der Waals surface area contributed by atoms with Crippen molar-refractivity contribution in [3.63, 3.8) is 0 Å². The number of aliphatic carboxylic acids is 1. The van der Waals surface area contributed by atoms with E-state index in [1.54, 1.807) is 51.1 Å². The van der Waals surface area contributed by atoms with Crippen LogP contribution >= 0.6 is 11.8 Å². The highest BCUT2D eigenvalue weighted by Gasteiger charge is 2.21. The molecule has 3 rings (SSSR count). The number of hydrogen-bond donors (Lipinski definition) is 1. The lowest BCUT2D eigenvalue weighted by Gasteiger charge is -2.07. The molecule has 2 aromatic carbocycles. The van der Waals surface area contributed by atoms with Crippen LogP contribution in [0.15, 0.2) is 46.2 Å². The Bertz CT molecular complexity index is 1070. The van der Waals surface area contributed by atoms with Crippen molar-refractivity contribution in [1.82, 2.24) is 4.57 Å². The second kappa shape index (κ2) is 8.06. The van der Waals surface area contributed by atoms with Crippen LogP contribution in [-0.2, 0) is 16.1 Å². The zero-order valence-corrected chi connectivity index (χ0v) is 16.6. The van der Waals surface area contributed by atoms with E-state index in [9.17, 15) is 19.1 Å². The van der Waals surface area contributed by atoms with Crippen LogP contribution in [-0.4, -0.2) is 28.2 Å². The van der Waals surface area contributed by atoms with E-state index in [1.165, 1.54) is 16.3 Å². The largest absolute Gasteiger partial charge is 0.480 e. The molecule has 0 unspecified atom stereocenters. The molecule has 0 fully saturated rings. The van der Waals surface area contributed by atoms with Gasteiger partial charge in [-0.25, -0.2) is 9.18 Å². The summed E-state index contributed by atoms with van der Waals surface area (Å²) in [7, 11) is 0. The summed E-state index contributed by atoms with van der Waals surface area (Å²) in [5.41, 5.74) is 1.83. The van der Waals surface area contributed by atoms with Crippen LogP contribution in [0.5, 0.6) is 0 Å². The zero-order valence-electron chi connectivity index (χ0n) is 15.8. The van der Waals surface area contributed by atoms with Gasteiger partial charge in [0.2, 0.25) is 0 Å². The highest BCUT2D eigenvalue weighted by atomic mass is 32.2. The number of hydrogen-bond acceptors (Lipinski definition) is 4. The van der Waals surface area contributed by atoms with Crippen LogP contribution in [0.2, 0.25) is 0 Å². The second-order valence-corrected chi connectivity index (χ2v) is 7.42. The maximum Gasteiger partial charge on any atom is 0.338 e. The molecule has 0 saturated heterocycles. The topological polar surface area (TPSA) is 68.5 Å². The van der Waals surface area contributed by atoms with E-state index in [1.807, 2.05) is 6.07 Å². The van der Waals surface area contributed by atoms with Crippen LogP contribution in [0, 0.1) is 19.7 Å². The van der Waals surface area contributed by atoms with Gasteiger partial charge in [-0.05, 0) is 44.5 Å². The van der Waals surface area contributed by atoms with Gasteiger partial charge in [-0.1, -0.05) is 30.0 Å². The maximum absolute atomic E-state index is 14.8. The van der Waals surface area contributed by atoms with Crippen molar-refractivity contribution in [2.24, 2.45) is 0 Å². The van der Waals surface area contributed by atoms with Gasteiger partial charge in [0.25, 0.3) is 0 Å². The Balaban J connectivity index is 2.10. The second-order valence-electron chi connectivity index (χ2n) is 6.34. The number of benzene rings is 2. The summed E-state index contributed by atoms with van der Waals surface area (Å²) in [6.45, 7) is 5.13. The molecule has 7 heteroatoms. The molecule has 3 aromatic rings. The van der Waals surface area contributed by atoms with Gasteiger partial charge in [0.15, 0.2) is 0 Å². The molecular weight excluding hydrogens is 381 g/mol. The third-order valence-corrected chi connectivity index (χ3v) is 5.62. The van der Waals surface area contributed by atoms with Gasteiger partial charge < -0.3 is 14.4 Å². The smallest absolute Gasteiger partial charge is 0.338 e. The first-order chi connectivity index (χ1) is 13.3. The Labute approximate surface area is 166 Å². The zero-order chi connectivity index (χ0) is 20.4. The molecule has 0 aliphatic carbocycles. The lowest BCUT2D eigenvalue weighted by Crippen LogP contribution is -2.10. The Morgan fingerprint density at radius 1 is 1.21 bits per heavy atom. The molecule has 1 heterocycles. The van der Waals surface area contributed by atoms with Crippen LogP contribution in [0.1, 0.15) is 28.5 Å². The molecule has 0 atom stereocenters. The first-order valence-corrected chi connectivity index (χ1v) is 9.59. The van der Waals surface area contributed by atoms with Gasteiger partial charge in [0.1, 0.15) is 12.4 Å². The van der Waals surface area contributed by atoms with Gasteiger partial charge >= 0.3 is 11.9 Å². The van der Waals surface area contributed by atoms with Crippen LogP contribution in [0.25, 0.3) is 10.9 Å². The molecule has 28 heavy (non-hydrogen) atoms. The summed E-state index contributed by atoms with van der Waals surface area (Å²) < 4.78 is 21.3. The normalized spacial score (nSPS) is 11.0. The average molecular weight is 401 g/mol. The minimum absolute atomic E-state index is 0.281. The predicted octanol–water partition coefficient (Wildman–Crippen LogP) is 4.81. The molecule has 0 aliphatic heterocycles. The van der Waals surface area contributed by atoms with Gasteiger partial charge in [-0.2, -0.15) is 0 Å². The number of aryl methyl sites for hydroxylation is 1. The molecule has 0 amide bonds. The summed E-state index contributed by atoms with van der Waals surface area (Å²) in [6.07, 6.45) is 0. The highest BCUT2D eigenvalue weighted by molar-refractivity contribution is 7.99. The van der Waals surface area contributed by atoms with E-state index < -0.39 is 17.8 Å². The number of halogens is 1. The van der Waals surface area contributed by atoms with E-state index in [0.29, 0.717) is 22.2 Å². The van der Waals surface area contributed by atoms with Crippen molar-refractivity contribution in [3.8, 4) is 0 Å². The van der Waals surface area contributed by atoms with Crippen molar-refractivity contribution < 1.29 is 23.8 Å². The summed E-state index contributed by atoms with van der Waals surface area (Å²) in [6, 6.07) is 10.5. The molecule has 0 aliphatic rings. The minimum atomic E-state index is -1.04. The molecule has 0 bridgehead atoms. The van der Waals surface area contributed by atoms with Crippen LogP contribution in [0.4, 0.5) is 4.39 Å². The Kier molecular flexibility index (Phi) is 5.74. The summed E-state index contributed by atoms with van der Waals surface area (Å²) in [4.78, 5) is 24.8. The molecule has 0 radical (unpaired) electrons. The van der Waals surface area contributed by atoms with E-state index >= 15 is 0 Å². The fraction of sp³-hybridized carbons (Fsp3) is 0.238. The average Bonchev–Trinajstić information content (AvgIpc) is 2.91. The van der Waals surface area contributed by atoms with Crippen LogP contribution < -0.4 is 0 Å². The number of nitrogens with zero attached hydrogens (tertiary/aromatic N) is 1. The van der Waals surface area contributed by atoms with Crippen molar-refractivity contribution >= 4 is 34.6 Å². The van der Waals surface area contributed by atoms with Gasteiger partial charge in [-0.3, -0.25) is 4.79 Å². The molecule has 146 valence electrons. The summed E-state index contributed by atoms with van der Waals surface area (Å²) >= 11 is 1.37. The summed E-state index contributed by atoms with van der Waals surface area (Å²) in [5, 5.41) is 9.90. The highest BCUT2D eigenvalue weighted by Crippen LogP contribution is 2.40. The predicted molar refractivity (Wildman–Crippen MR) is 106 cm³/mol. The summed E-state index contributed by atoms with van der Waals surface area (Å²) in [5.74, 6) is -1.87. The molecule has 0 saturated carbocycles. The monoisotopic (exact) mass is 401 g/mol. The Morgan fingerprint density at radius 2 is 1.96 bits per heavy atom. The SMILES string of the molecule is CCOC(=O)c1cccc(Sc2c(C)n(CC(=O)O)c3c(F)c(C)ccc23)c1. The molecule has 0 spiro atoms. The molecule has 1 aromatic heterocycles. The Morgan fingerprint density at radius 3 is 2.64 bits per heavy atom. The van der Waals surface area contributed by atoms with Gasteiger partial charge in [-0.15, -0.1) is 0 Å². The quantitative estimate of drug-likeness (QED) is 0.601. The molecular formula is C21H20FNO4S. The molecule has 1 N–H and O–H groups in total. The van der Waals surface area contributed by atoms with Crippen molar-refractivity contribution in [3.05, 3.63) is 59.0 Å². The van der Waals surface area contributed by atoms with Crippen molar-refractivity contribution in [1.29, 1.82) is 0 Å². The number of carboxylic acids is 1. The van der Waals surface area contributed by atoms with Crippen LogP contribution in [0.3, 0.4) is 0 Å². The van der Waals surface area contributed by atoms with Crippen molar-refractivity contribution in [2.75, 3.05) is 6.61 Å². The van der Waals surface area contributed by atoms with E-state index in [4.69, 9.17) is 4.74 Å². The number of aromatic nitrogens is 1. The lowest BCUT2D eigenvalue weighted by atomic mass is 10.1. The lowest BCUT2D eigenvalue weighted by molar-refractivity contribution is -0.137. The number of rotatable bonds is 6. The number of fused-ring (bicyclic) bond motifs is 1. The van der Waals surface area contributed by atoms with E-state index in [0.717, 1.165) is 9.79 Å². The number of esters is 1. The maximum atomic E-state index is 14.8. The number of carbonyl (C=O) groups is 2. The standard InChI is InChI=1S/C21H20FNO4S/c1-4-27-21(26)14-6-5-7-15(10-14)28-20-13(3)23(11-17(24)25)19-16(20)9-8-12(2)18(19)22/h5-10H,4,11H2,1-3H3,(H,24,25). The fourth-order valence-corrected chi connectivity index (χ4v) is 4.18. The third-order valence-electron chi connectivity index (χ3n) is 4.42. The van der Waals surface area contributed by atoms with Gasteiger partial charge in [0.05, 0.1) is 17.7 Å². The van der Waals surface area contributed by atoms with Crippen molar-refractivity contribution in [2.45, 2.75) is 37.1 Å². The number of carboxylic acid groups (broad SMARTS) is 1. The Hall–Kier alpha value is -2.80. The first kappa shape index (κ1) is 19.9. The first-order valence-electron chi connectivity index (χ1n) is 8.78. The van der Waals surface area contributed by atoms with E-state index in [-0.39, 0.29) is 18.7 Å². The fourth-order valence-electron chi connectivity index (χ4n) is 3.08. The molecule has 5 nitrogen and oxygen atoms in total. The number of ether oxygens (including phenoxy) is 1. The minimum Gasteiger partial charge on any atom is -0.480 e. The number of carbonyl (C=O) groups excluding carboxylic acids is 1. The third kappa shape index (κ3) is 3.75. The van der Waals surface area contributed by atoms with Gasteiger partial charge in [0, 0.05) is 20.9 Å². The van der Waals surface area contributed by atoms with E-state index in [2.05, 4.69) is 0 Å².